The first-order valence-electron chi connectivity index (χ1n) is 6.78. The van der Waals surface area contributed by atoms with E-state index in [0.717, 1.165) is 29.9 Å². The Morgan fingerprint density at radius 2 is 1.68 bits per heavy atom. The number of aromatic amines is 1. The standard InChI is InChI=1S/C17H17N3.2ClH/c1-2-7-14(8-3-1)9-6-12-18-13-17-19-15-10-4-5-11-16(15)20-17;;/h1-11,18H,12-13H2,(H,19,20);2*1H. The van der Waals surface area contributed by atoms with E-state index in [1.54, 1.807) is 0 Å². The van der Waals surface area contributed by atoms with Crippen molar-refractivity contribution in [2.24, 2.45) is 0 Å². The Morgan fingerprint density at radius 3 is 2.45 bits per heavy atom. The van der Waals surface area contributed by atoms with Crippen molar-refractivity contribution in [3.05, 3.63) is 72.1 Å². The summed E-state index contributed by atoms with van der Waals surface area (Å²) in [6, 6.07) is 18.4. The molecule has 0 unspecified atom stereocenters. The highest BCUT2D eigenvalue weighted by molar-refractivity contribution is 5.85. The maximum atomic E-state index is 4.53. The van der Waals surface area contributed by atoms with Crippen molar-refractivity contribution >= 4 is 41.9 Å². The average molecular weight is 336 g/mol. The Balaban J connectivity index is 0.00000121. The lowest BCUT2D eigenvalue weighted by molar-refractivity contribution is 0.728. The SMILES string of the molecule is C(=Cc1ccccc1)CNCc1nc2ccccc2[nH]1.Cl.Cl. The minimum absolute atomic E-state index is 0. The molecule has 0 aliphatic rings. The van der Waals surface area contributed by atoms with Gasteiger partial charge in [-0.15, -0.1) is 24.8 Å². The second-order valence-corrected chi connectivity index (χ2v) is 4.64. The van der Waals surface area contributed by atoms with Crippen LogP contribution in [0.25, 0.3) is 17.1 Å². The summed E-state index contributed by atoms with van der Waals surface area (Å²) in [5, 5.41) is 3.35. The first kappa shape index (κ1) is 18.2. The number of benzene rings is 2. The molecule has 3 aromatic rings. The maximum absolute atomic E-state index is 4.53. The predicted molar refractivity (Wildman–Crippen MR) is 97.8 cm³/mol. The Kier molecular flexibility index (Phi) is 7.67. The number of nitrogens with zero attached hydrogens (tertiary/aromatic N) is 1. The van der Waals surface area contributed by atoms with E-state index in [0.29, 0.717) is 0 Å². The molecule has 0 atom stereocenters. The number of para-hydroxylation sites is 2. The molecule has 2 aromatic carbocycles. The second kappa shape index (κ2) is 9.26. The van der Waals surface area contributed by atoms with Crippen LogP contribution in [0.2, 0.25) is 0 Å². The van der Waals surface area contributed by atoms with Gasteiger partial charge < -0.3 is 10.3 Å². The summed E-state index contributed by atoms with van der Waals surface area (Å²) < 4.78 is 0. The van der Waals surface area contributed by atoms with Gasteiger partial charge >= 0.3 is 0 Å². The number of aromatic nitrogens is 2. The summed E-state index contributed by atoms with van der Waals surface area (Å²) in [7, 11) is 0. The molecule has 0 aliphatic carbocycles. The Morgan fingerprint density at radius 1 is 0.955 bits per heavy atom. The maximum Gasteiger partial charge on any atom is 0.121 e. The summed E-state index contributed by atoms with van der Waals surface area (Å²) >= 11 is 0. The number of H-pyrrole nitrogens is 1. The lowest BCUT2D eigenvalue weighted by atomic mass is 10.2. The van der Waals surface area contributed by atoms with Crippen molar-refractivity contribution in [2.75, 3.05) is 6.54 Å². The summed E-state index contributed by atoms with van der Waals surface area (Å²) in [5.41, 5.74) is 3.33. The minimum Gasteiger partial charge on any atom is -0.341 e. The van der Waals surface area contributed by atoms with Crippen molar-refractivity contribution in [1.82, 2.24) is 15.3 Å². The number of hydrogen-bond acceptors (Lipinski definition) is 2. The van der Waals surface area contributed by atoms with E-state index in [-0.39, 0.29) is 24.8 Å². The Hall–Kier alpha value is -1.81. The number of imidazole rings is 1. The third-order valence-electron chi connectivity index (χ3n) is 3.10. The van der Waals surface area contributed by atoms with Crippen LogP contribution < -0.4 is 5.32 Å². The number of rotatable bonds is 5. The molecule has 1 heterocycles. The molecule has 0 saturated carbocycles. The van der Waals surface area contributed by atoms with Crippen LogP contribution in [0.1, 0.15) is 11.4 Å². The van der Waals surface area contributed by atoms with Crippen molar-refractivity contribution in [2.45, 2.75) is 6.54 Å². The van der Waals surface area contributed by atoms with Crippen LogP contribution in [-0.4, -0.2) is 16.5 Å². The molecule has 22 heavy (non-hydrogen) atoms. The number of hydrogen-bond donors (Lipinski definition) is 2. The molecule has 0 amide bonds. The van der Waals surface area contributed by atoms with Gasteiger partial charge in [-0.25, -0.2) is 4.98 Å². The molecule has 0 saturated heterocycles. The van der Waals surface area contributed by atoms with Crippen molar-refractivity contribution in [3.63, 3.8) is 0 Å². The van der Waals surface area contributed by atoms with E-state index in [1.807, 2.05) is 42.5 Å². The van der Waals surface area contributed by atoms with Crippen molar-refractivity contribution in [3.8, 4) is 0 Å². The lowest BCUT2D eigenvalue weighted by Gasteiger charge is -1.97. The normalized spacial score (nSPS) is 10.4. The first-order valence-corrected chi connectivity index (χ1v) is 6.78. The van der Waals surface area contributed by atoms with Crippen molar-refractivity contribution < 1.29 is 0 Å². The number of halogens is 2. The Labute approximate surface area is 142 Å². The molecule has 3 rings (SSSR count). The smallest absolute Gasteiger partial charge is 0.121 e. The topological polar surface area (TPSA) is 40.7 Å². The van der Waals surface area contributed by atoms with Gasteiger partial charge in [0.15, 0.2) is 0 Å². The predicted octanol–water partition coefficient (Wildman–Crippen LogP) is 4.21. The quantitative estimate of drug-likeness (QED) is 0.685. The zero-order valence-corrected chi connectivity index (χ0v) is 13.7. The highest BCUT2D eigenvalue weighted by Crippen LogP contribution is 2.09. The van der Waals surface area contributed by atoms with Crippen LogP contribution in [0.15, 0.2) is 60.7 Å². The van der Waals surface area contributed by atoms with Gasteiger partial charge in [-0.1, -0.05) is 54.6 Å². The summed E-state index contributed by atoms with van der Waals surface area (Å²) in [6.07, 6.45) is 4.24. The van der Waals surface area contributed by atoms with Gasteiger partial charge in [0.25, 0.3) is 0 Å². The van der Waals surface area contributed by atoms with E-state index in [4.69, 9.17) is 0 Å². The molecule has 5 heteroatoms. The molecule has 0 fully saturated rings. The molecular formula is C17H19Cl2N3. The van der Waals surface area contributed by atoms with Gasteiger partial charge in [-0.3, -0.25) is 0 Å². The fourth-order valence-electron chi connectivity index (χ4n) is 2.12. The molecule has 116 valence electrons. The molecule has 0 aliphatic heterocycles. The average Bonchev–Trinajstić information content (AvgIpc) is 2.90. The van der Waals surface area contributed by atoms with E-state index < -0.39 is 0 Å². The third kappa shape index (κ3) is 4.88. The van der Waals surface area contributed by atoms with Crippen LogP contribution in [0, 0.1) is 0 Å². The van der Waals surface area contributed by atoms with Crippen LogP contribution in [-0.2, 0) is 6.54 Å². The van der Waals surface area contributed by atoms with Gasteiger partial charge in [0.05, 0.1) is 17.6 Å². The monoisotopic (exact) mass is 335 g/mol. The molecule has 0 radical (unpaired) electrons. The molecule has 2 N–H and O–H groups in total. The third-order valence-corrected chi connectivity index (χ3v) is 3.10. The van der Waals surface area contributed by atoms with Crippen LogP contribution in [0.5, 0.6) is 0 Å². The van der Waals surface area contributed by atoms with E-state index in [1.165, 1.54) is 5.56 Å². The van der Waals surface area contributed by atoms with Crippen molar-refractivity contribution in [1.29, 1.82) is 0 Å². The van der Waals surface area contributed by atoms with E-state index >= 15 is 0 Å². The summed E-state index contributed by atoms with van der Waals surface area (Å²) in [6.45, 7) is 1.57. The van der Waals surface area contributed by atoms with Crippen LogP contribution in [0.3, 0.4) is 0 Å². The molecule has 1 aromatic heterocycles. The van der Waals surface area contributed by atoms with Gasteiger partial charge in [-0.2, -0.15) is 0 Å². The fraction of sp³-hybridized carbons (Fsp3) is 0.118. The molecule has 0 bridgehead atoms. The van der Waals surface area contributed by atoms with Gasteiger partial charge in [0, 0.05) is 6.54 Å². The lowest BCUT2D eigenvalue weighted by Crippen LogP contribution is -2.13. The number of fused-ring (bicyclic) bond motifs is 1. The minimum atomic E-state index is 0. The highest BCUT2D eigenvalue weighted by Gasteiger charge is 1.99. The zero-order chi connectivity index (χ0) is 13.6. The summed E-state index contributed by atoms with van der Waals surface area (Å²) in [4.78, 5) is 7.83. The van der Waals surface area contributed by atoms with Gasteiger partial charge in [-0.05, 0) is 17.7 Å². The zero-order valence-electron chi connectivity index (χ0n) is 12.0. The fourth-order valence-corrected chi connectivity index (χ4v) is 2.12. The molecular weight excluding hydrogens is 317 g/mol. The largest absolute Gasteiger partial charge is 0.341 e. The summed E-state index contributed by atoms with van der Waals surface area (Å²) in [5.74, 6) is 0.972. The van der Waals surface area contributed by atoms with E-state index in [2.05, 4.69) is 39.6 Å². The number of nitrogens with one attached hydrogen (secondary N) is 2. The van der Waals surface area contributed by atoms with Crippen LogP contribution in [0.4, 0.5) is 0 Å². The molecule has 0 spiro atoms. The van der Waals surface area contributed by atoms with Crippen LogP contribution >= 0.6 is 24.8 Å². The first-order chi connectivity index (χ1) is 9.92. The van der Waals surface area contributed by atoms with Gasteiger partial charge in [0.1, 0.15) is 5.82 Å². The van der Waals surface area contributed by atoms with E-state index in [9.17, 15) is 0 Å². The second-order valence-electron chi connectivity index (χ2n) is 4.64. The highest BCUT2D eigenvalue weighted by atomic mass is 35.5. The molecule has 3 nitrogen and oxygen atoms in total. The Bertz CT molecular complexity index is 675. The van der Waals surface area contributed by atoms with Gasteiger partial charge in [0.2, 0.25) is 0 Å².